The van der Waals surface area contributed by atoms with Crippen LogP contribution in [0.1, 0.15) is 23.8 Å². The lowest BCUT2D eigenvalue weighted by atomic mass is 9.99. The zero-order chi connectivity index (χ0) is 21.9. The number of piperidine rings is 1. The maximum atomic E-state index is 12.9. The van der Waals surface area contributed by atoms with Gasteiger partial charge in [0.2, 0.25) is 11.8 Å². The summed E-state index contributed by atoms with van der Waals surface area (Å²) in [5.74, 6) is 1.84. The Morgan fingerprint density at radius 3 is 2.88 bits per heavy atom. The molecule has 1 aliphatic heterocycles. The van der Waals surface area contributed by atoms with E-state index in [0.29, 0.717) is 23.6 Å². The summed E-state index contributed by atoms with van der Waals surface area (Å²) in [5, 5.41) is 9.68. The maximum absolute atomic E-state index is 12.9. The van der Waals surface area contributed by atoms with Crippen molar-refractivity contribution in [2.75, 3.05) is 26.0 Å². The number of fused-ring (bicyclic) bond motifs is 1. The predicted octanol–water partition coefficient (Wildman–Crippen LogP) is 4.85. The van der Waals surface area contributed by atoms with Gasteiger partial charge in [0.15, 0.2) is 0 Å². The average molecular weight is 467 g/mol. The summed E-state index contributed by atoms with van der Waals surface area (Å²) in [7, 11) is 1.62. The van der Waals surface area contributed by atoms with E-state index >= 15 is 0 Å². The normalized spacial score (nSPS) is 16.4. The Kier molecular flexibility index (Phi) is 6.09. The molecule has 2 aromatic heterocycles. The molecule has 32 heavy (non-hydrogen) atoms. The van der Waals surface area contributed by atoms with Crippen molar-refractivity contribution in [3.63, 3.8) is 0 Å². The van der Waals surface area contributed by atoms with Gasteiger partial charge in [-0.2, -0.15) is 0 Å². The molecule has 164 valence electrons. The molecule has 1 atom stereocenters. The number of nitrogens with zero attached hydrogens (tertiary/aromatic N) is 4. The number of thiazole rings is 1. The van der Waals surface area contributed by atoms with Crippen molar-refractivity contribution in [1.29, 1.82) is 0 Å². The third-order valence-electron chi connectivity index (χ3n) is 5.50. The lowest BCUT2D eigenvalue weighted by Gasteiger charge is -2.31. The van der Waals surface area contributed by atoms with E-state index < -0.39 is 0 Å². The highest BCUT2D eigenvalue weighted by molar-refractivity contribution is 7.99. The highest BCUT2D eigenvalue weighted by Crippen LogP contribution is 2.33. The number of thioether (sulfide) groups is 1. The van der Waals surface area contributed by atoms with Gasteiger partial charge in [-0.1, -0.05) is 23.9 Å². The standard InChI is InChI=1S/C23H22N4O3S2/c1-29-17-10-8-15(9-11-17)21-25-26-23(30-21)31-14-20(28)27-12-4-5-16(13-27)22-24-18-6-2-3-7-19(18)32-22/h2-3,6-11,16H,4-5,12-14H2,1H3. The highest BCUT2D eigenvalue weighted by Gasteiger charge is 2.27. The van der Waals surface area contributed by atoms with Crippen molar-refractivity contribution in [1.82, 2.24) is 20.1 Å². The van der Waals surface area contributed by atoms with Gasteiger partial charge >= 0.3 is 0 Å². The molecule has 0 aliphatic carbocycles. The number of amides is 1. The smallest absolute Gasteiger partial charge is 0.277 e. The van der Waals surface area contributed by atoms with Crippen LogP contribution in [-0.4, -0.2) is 51.9 Å². The SMILES string of the molecule is COc1ccc(-c2nnc(SCC(=O)N3CCCC(c4nc5ccccc5s4)C3)o2)cc1. The molecule has 1 aliphatic rings. The number of carbonyl (C=O) groups excluding carboxylic acids is 1. The van der Waals surface area contributed by atoms with E-state index in [2.05, 4.69) is 16.3 Å². The molecule has 5 rings (SSSR count). The van der Waals surface area contributed by atoms with Crippen LogP contribution in [0.3, 0.4) is 0 Å². The number of methoxy groups -OCH3 is 1. The Morgan fingerprint density at radius 2 is 2.06 bits per heavy atom. The minimum Gasteiger partial charge on any atom is -0.497 e. The third-order valence-corrected chi connectivity index (χ3v) is 7.50. The van der Waals surface area contributed by atoms with Gasteiger partial charge in [0.1, 0.15) is 5.75 Å². The Balaban J connectivity index is 1.19. The maximum Gasteiger partial charge on any atom is 0.277 e. The first-order valence-electron chi connectivity index (χ1n) is 10.4. The van der Waals surface area contributed by atoms with Crippen molar-refractivity contribution < 1.29 is 13.9 Å². The summed E-state index contributed by atoms with van der Waals surface area (Å²) < 4.78 is 12.1. The fraction of sp³-hybridized carbons (Fsp3) is 0.304. The number of benzene rings is 2. The largest absolute Gasteiger partial charge is 0.497 e. The molecule has 2 aromatic carbocycles. The molecule has 7 nitrogen and oxygen atoms in total. The van der Waals surface area contributed by atoms with Crippen LogP contribution in [0.25, 0.3) is 21.7 Å². The van der Waals surface area contributed by atoms with Crippen LogP contribution in [-0.2, 0) is 4.79 Å². The minimum absolute atomic E-state index is 0.0880. The minimum atomic E-state index is 0.0880. The highest BCUT2D eigenvalue weighted by atomic mass is 32.2. The quantitative estimate of drug-likeness (QED) is 0.376. The van der Waals surface area contributed by atoms with Crippen LogP contribution >= 0.6 is 23.1 Å². The zero-order valence-electron chi connectivity index (χ0n) is 17.6. The van der Waals surface area contributed by atoms with Crippen molar-refractivity contribution >= 4 is 39.2 Å². The molecule has 0 saturated carbocycles. The molecule has 0 bridgehead atoms. The Morgan fingerprint density at radius 1 is 1.22 bits per heavy atom. The van der Waals surface area contributed by atoms with Crippen LogP contribution in [0.15, 0.2) is 58.2 Å². The number of rotatable bonds is 6. The van der Waals surface area contributed by atoms with Gasteiger partial charge in [0.05, 0.1) is 28.1 Å². The molecule has 0 N–H and O–H groups in total. The van der Waals surface area contributed by atoms with Gasteiger partial charge in [-0.25, -0.2) is 4.98 Å². The predicted molar refractivity (Wildman–Crippen MR) is 125 cm³/mol. The molecule has 4 aromatic rings. The molecule has 0 spiro atoms. The fourth-order valence-electron chi connectivity index (χ4n) is 3.80. The van der Waals surface area contributed by atoms with E-state index in [9.17, 15) is 4.79 Å². The first-order valence-corrected chi connectivity index (χ1v) is 12.2. The second-order valence-electron chi connectivity index (χ2n) is 7.59. The number of para-hydroxylation sites is 1. The van der Waals surface area contributed by atoms with Crippen molar-refractivity contribution in [2.24, 2.45) is 0 Å². The van der Waals surface area contributed by atoms with E-state index in [-0.39, 0.29) is 11.7 Å². The Hall–Kier alpha value is -2.91. The number of aromatic nitrogens is 3. The van der Waals surface area contributed by atoms with Crippen LogP contribution < -0.4 is 4.74 Å². The van der Waals surface area contributed by atoms with Crippen molar-refractivity contribution in [2.45, 2.75) is 24.0 Å². The van der Waals surface area contributed by atoms with E-state index in [1.54, 1.807) is 18.4 Å². The lowest BCUT2D eigenvalue weighted by molar-refractivity contribution is -0.129. The summed E-state index contributed by atoms with van der Waals surface area (Å²) in [6.45, 7) is 1.49. The molecule has 1 saturated heterocycles. The van der Waals surface area contributed by atoms with Gasteiger partial charge in [-0.15, -0.1) is 21.5 Å². The van der Waals surface area contributed by atoms with Gasteiger partial charge in [-0.3, -0.25) is 4.79 Å². The van der Waals surface area contributed by atoms with Crippen LogP contribution in [0.2, 0.25) is 0 Å². The van der Waals surface area contributed by atoms with Crippen LogP contribution in [0.4, 0.5) is 0 Å². The molecule has 1 amide bonds. The van der Waals surface area contributed by atoms with Gasteiger partial charge in [0, 0.05) is 24.6 Å². The van der Waals surface area contributed by atoms with Gasteiger partial charge in [0.25, 0.3) is 5.22 Å². The number of carbonyl (C=O) groups is 1. The van der Waals surface area contributed by atoms with Crippen molar-refractivity contribution in [3.8, 4) is 17.2 Å². The summed E-state index contributed by atoms with van der Waals surface area (Å²) in [6, 6.07) is 15.6. The Bertz CT molecular complexity index is 1190. The van der Waals surface area contributed by atoms with E-state index in [4.69, 9.17) is 14.1 Å². The number of likely N-dealkylation sites (tertiary alicyclic amines) is 1. The molecule has 9 heteroatoms. The van der Waals surface area contributed by atoms with Crippen molar-refractivity contribution in [3.05, 3.63) is 53.5 Å². The second kappa shape index (κ2) is 9.30. The molecule has 0 radical (unpaired) electrons. The third kappa shape index (κ3) is 4.49. The first kappa shape index (κ1) is 21.0. The Labute approximate surface area is 193 Å². The molecular weight excluding hydrogens is 444 g/mol. The number of hydrogen-bond donors (Lipinski definition) is 0. The summed E-state index contributed by atoms with van der Waals surface area (Å²) >= 11 is 3.01. The second-order valence-corrected chi connectivity index (χ2v) is 9.58. The topological polar surface area (TPSA) is 81.4 Å². The molecule has 1 unspecified atom stereocenters. The van der Waals surface area contributed by atoms with Gasteiger partial charge in [-0.05, 0) is 49.2 Å². The van der Waals surface area contributed by atoms with Crippen LogP contribution in [0, 0.1) is 0 Å². The molecule has 3 heterocycles. The number of ether oxygens (including phenoxy) is 1. The summed E-state index contributed by atoms with van der Waals surface area (Å²) in [4.78, 5) is 19.6. The molecular formula is C23H22N4O3S2. The van der Waals surface area contributed by atoms with E-state index in [0.717, 1.165) is 41.2 Å². The lowest BCUT2D eigenvalue weighted by Crippen LogP contribution is -2.40. The fourth-order valence-corrected chi connectivity index (χ4v) is 5.56. The first-order chi connectivity index (χ1) is 15.7. The van der Waals surface area contributed by atoms with E-state index in [1.807, 2.05) is 47.4 Å². The summed E-state index contributed by atoms with van der Waals surface area (Å²) in [6.07, 6.45) is 2.05. The van der Waals surface area contributed by atoms with Gasteiger partial charge < -0.3 is 14.1 Å². The molecule has 1 fully saturated rings. The monoisotopic (exact) mass is 466 g/mol. The van der Waals surface area contributed by atoms with E-state index in [1.165, 1.54) is 16.5 Å². The number of hydrogen-bond acceptors (Lipinski definition) is 8. The van der Waals surface area contributed by atoms with Crippen LogP contribution in [0.5, 0.6) is 5.75 Å². The average Bonchev–Trinajstić information content (AvgIpc) is 3.50. The summed E-state index contributed by atoms with van der Waals surface area (Å²) in [5.41, 5.74) is 1.85. The zero-order valence-corrected chi connectivity index (χ0v) is 19.2.